The van der Waals surface area contributed by atoms with Crippen LogP contribution in [0.4, 0.5) is 5.69 Å². The van der Waals surface area contributed by atoms with Crippen LogP contribution in [-0.2, 0) is 4.79 Å². The lowest BCUT2D eigenvalue weighted by atomic mass is 9.94. The molecule has 4 rings (SSSR count). The minimum Gasteiger partial charge on any atom is -0.497 e. The number of nitrogens with zero attached hydrogens (tertiary/aromatic N) is 2. The highest BCUT2D eigenvalue weighted by Crippen LogP contribution is 2.32. The lowest BCUT2D eigenvalue weighted by Gasteiger charge is -2.40. The highest BCUT2D eigenvalue weighted by Gasteiger charge is 2.37. The van der Waals surface area contributed by atoms with Crippen LogP contribution in [0.1, 0.15) is 36.0 Å². The van der Waals surface area contributed by atoms with Crippen LogP contribution in [0.5, 0.6) is 5.75 Å². The monoisotopic (exact) mass is 489 g/mol. The Labute approximate surface area is 204 Å². The molecule has 8 heteroatoms. The predicted octanol–water partition coefficient (Wildman–Crippen LogP) is 4.96. The van der Waals surface area contributed by atoms with E-state index in [0.29, 0.717) is 53.5 Å². The van der Waals surface area contributed by atoms with Gasteiger partial charge >= 0.3 is 0 Å². The maximum absolute atomic E-state index is 13.4. The van der Waals surface area contributed by atoms with Crippen molar-refractivity contribution in [1.29, 1.82) is 0 Å². The number of hydrogen-bond acceptors (Lipinski definition) is 4. The van der Waals surface area contributed by atoms with E-state index in [1.54, 1.807) is 30.2 Å². The standard InChI is InChI=1S/C25H29Cl2N3O3/c1-33-20-8-4-7-19(16-20)28-24(31)23(17-5-2-3-6-17)29-11-13-30(14-12-29)25(32)21-10-9-18(26)15-22(21)27/h4,7-10,15-17,23H,2-3,5-6,11-14H2,1H3,(H,28,31). The molecule has 1 saturated heterocycles. The third kappa shape index (κ3) is 5.62. The Kier molecular flexibility index (Phi) is 7.78. The van der Waals surface area contributed by atoms with Crippen LogP contribution >= 0.6 is 23.2 Å². The predicted molar refractivity (Wildman–Crippen MR) is 131 cm³/mol. The second-order valence-corrected chi connectivity index (χ2v) is 9.51. The summed E-state index contributed by atoms with van der Waals surface area (Å²) in [7, 11) is 1.61. The minimum absolute atomic E-state index is 0.00988. The van der Waals surface area contributed by atoms with E-state index in [1.165, 1.54) is 0 Å². The van der Waals surface area contributed by atoms with Crippen LogP contribution in [-0.4, -0.2) is 60.9 Å². The van der Waals surface area contributed by atoms with Gasteiger partial charge in [0.15, 0.2) is 0 Å². The molecule has 2 aliphatic rings. The molecule has 0 radical (unpaired) electrons. The van der Waals surface area contributed by atoms with Gasteiger partial charge in [0.1, 0.15) is 5.75 Å². The molecule has 176 valence electrons. The zero-order valence-corrected chi connectivity index (χ0v) is 20.2. The number of hydrogen-bond donors (Lipinski definition) is 1. The summed E-state index contributed by atoms with van der Waals surface area (Å²) in [5.74, 6) is 0.937. The highest BCUT2D eigenvalue weighted by atomic mass is 35.5. The average Bonchev–Trinajstić information content (AvgIpc) is 3.34. The number of methoxy groups -OCH3 is 1. The third-order valence-corrected chi connectivity index (χ3v) is 7.16. The summed E-state index contributed by atoms with van der Waals surface area (Å²) in [4.78, 5) is 30.4. The van der Waals surface area contributed by atoms with E-state index >= 15 is 0 Å². The molecule has 1 atom stereocenters. The van der Waals surface area contributed by atoms with Crippen LogP contribution in [0.25, 0.3) is 0 Å². The van der Waals surface area contributed by atoms with Gasteiger partial charge in [-0.3, -0.25) is 14.5 Å². The first kappa shape index (κ1) is 23.9. The van der Waals surface area contributed by atoms with Gasteiger partial charge in [-0.25, -0.2) is 0 Å². The first-order valence-corrected chi connectivity index (χ1v) is 12.1. The number of nitrogens with one attached hydrogen (secondary N) is 1. The number of benzene rings is 2. The zero-order valence-electron chi connectivity index (χ0n) is 18.7. The van der Waals surface area contributed by atoms with E-state index in [9.17, 15) is 9.59 Å². The lowest BCUT2D eigenvalue weighted by molar-refractivity contribution is -0.123. The molecule has 0 spiro atoms. The van der Waals surface area contributed by atoms with Gasteiger partial charge in [-0.05, 0) is 49.1 Å². The Hall–Kier alpha value is -2.28. The Morgan fingerprint density at radius 1 is 1.03 bits per heavy atom. The summed E-state index contributed by atoms with van der Waals surface area (Å²) in [6.45, 7) is 2.38. The number of amides is 2. The number of piperazine rings is 1. The first-order valence-electron chi connectivity index (χ1n) is 11.4. The molecule has 2 aromatic carbocycles. The van der Waals surface area contributed by atoms with Gasteiger partial charge in [-0.1, -0.05) is 42.1 Å². The number of halogens is 2. The van der Waals surface area contributed by atoms with E-state index in [2.05, 4.69) is 10.2 Å². The van der Waals surface area contributed by atoms with Crippen molar-refractivity contribution < 1.29 is 14.3 Å². The van der Waals surface area contributed by atoms with Crippen molar-refractivity contribution in [3.63, 3.8) is 0 Å². The molecule has 1 N–H and O–H groups in total. The van der Waals surface area contributed by atoms with Crippen molar-refractivity contribution in [1.82, 2.24) is 9.80 Å². The molecule has 6 nitrogen and oxygen atoms in total. The fraction of sp³-hybridized carbons (Fsp3) is 0.440. The number of carbonyl (C=O) groups excluding carboxylic acids is 2. The fourth-order valence-electron chi connectivity index (χ4n) is 4.90. The Balaban J connectivity index is 1.44. The van der Waals surface area contributed by atoms with Gasteiger partial charge in [0.2, 0.25) is 5.91 Å². The summed E-state index contributed by atoms with van der Waals surface area (Å²) < 4.78 is 5.28. The summed E-state index contributed by atoms with van der Waals surface area (Å²) in [6.07, 6.45) is 4.41. The zero-order chi connectivity index (χ0) is 23.4. The van der Waals surface area contributed by atoms with E-state index < -0.39 is 0 Å². The quantitative estimate of drug-likeness (QED) is 0.622. The topological polar surface area (TPSA) is 61.9 Å². The van der Waals surface area contributed by atoms with E-state index in [1.807, 2.05) is 24.3 Å². The molecular formula is C25H29Cl2N3O3. The molecule has 1 unspecified atom stereocenters. The number of carbonyl (C=O) groups is 2. The normalized spacial score (nSPS) is 18.2. The van der Waals surface area contributed by atoms with Crippen molar-refractivity contribution in [2.75, 3.05) is 38.6 Å². The summed E-state index contributed by atoms with van der Waals surface area (Å²) in [5, 5.41) is 3.95. The minimum atomic E-state index is -0.213. The largest absolute Gasteiger partial charge is 0.497 e. The van der Waals surface area contributed by atoms with Crippen molar-refractivity contribution >= 4 is 40.7 Å². The maximum Gasteiger partial charge on any atom is 0.255 e. The molecule has 1 aliphatic carbocycles. The Morgan fingerprint density at radius 2 is 1.76 bits per heavy atom. The van der Waals surface area contributed by atoms with Crippen molar-refractivity contribution in [3.05, 3.63) is 58.1 Å². The Bertz CT molecular complexity index is 1000. The summed E-state index contributed by atoms with van der Waals surface area (Å²) >= 11 is 12.2. The van der Waals surface area contributed by atoms with E-state index in [0.717, 1.165) is 31.4 Å². The van der Waals surface area contributed by atoms with Crippen molar-refractivity contribution in [3.8, 4) is 5.75 Å². The number of anilines is 1. The second-order valence-electron chi connectivity index (χ2n) is 8.66. The molecule has 33 heavy (non-hydrogen) atoms. The number of ether oxygens (including phenoxy) is 1. The highest BCUT2D eigenvalue weighted by molar-refractivity contribution is 6.36. The van der Waals surface area contributed by atoms with Crippen LogP contribution in [0.15, 0.2) is 42.5 Å². The average molecular weight is 490 g/mol. The van der Waals surface area contributed by atoms with Crippen LogP contribution in [0.2, 0.25) is 10.0 Å². The molecule has 1 heterocycles. The first-order chi connectivity index (χ1) is 16.0. The molecule has 2 fully saturated rings. The molecular weight excluding hydrogens is 461 g/mol. The molecule has 1 saturated carbocycles. The maximum atomic E-state index is 13.4. The van der Waals surface area contributed by atoms with Gasteiger partial charge in [-0.15, -0.1) is 0 Å². The van der Waals surface area contributed by atoms with E-state index in [-0.39, 0.29) is 17.9 Å². The van der Waals surface area contributed by atoms with Gasteiger partial charge in [0.25, 0.3) is 5.91 Å². The third-order valence-electron chi connectivity index (χ3n) is 6.61. The molecule has 2 aromatic rings. The fourth-order valence-corrected chi connectivity index (χ4v) is 5.39. The van der Waals surface area contributed by atoms with Gasteiger partial charge in [-0.2, -0.15) is 0 Å². The van der Waals surface area contributed by atoms with Crippen LogP contribution in [0, 0.1) is 5.92 Å². The van der Waals surface area contributed by atoms with Crippen LogP contribution < -0.4 is 10.1 Å². The van der Waals surface area contributed by atoms with Crippen molar-refractivity contribution in [2.45, 2.75) is 31.7 Å². The molecule has 0 bridgehead atoms. The summed E-state index contributed by atoms with van der Waals surface area (Å²) in [6, 6.07) is 12.1. The van der Waals surface area contributed by atoms with Crippen LogP contribution in [0.3, 0.4) is 0 Å². The SMILES string of the molecule is COc1cccc(NC(=O)C(C2CCCC2)N2CCN(C(=O)c3ccc(Cl)cc3Cl)CC2)c1. The van der Waals surface area contributed by atoms with Crippen molar-refractivity contribution in [2.24, 2.45) is 5.92 Å². The Morgan fingerprint density at radius 3 is 2.42 bits per heavy atom. The molecule has 0 aromatic heterocycles. The van der Waals surface area contributed by atoms with E-state index in [4.69, 9.17) is 27.9 Å². The molecule has 2 amide bonds. The van der Waals surface area contributed by atoms with Gasteiger partial charge in [0, 0.05) is 43.0 Å². The van der Waals surface area contributed by atoms with Gasteiger partial charge < -0.3 is 15.0 Å². The second kappa shape index (κ2) is 10.8. The molecule has 1 aliphatic heterocycles. The summed E-state index contributed by atoms with van der Waals surface area (Å²) in [5.41, 5.74) is 1.19. The van der Waals surface area contributed by atoms with Gasteiger partial charge in [0.05, 0.1) is 23.7 Å². The smallest absolute Gasteiger partial charge is 0.255 e. The lowest BCUT2D eigenvalue weighted by Crippen LogP contribution is -2.57. The number of rotatable bonds is 6.